The summed E-state index contributed by atoms with van der Waals surface area (Å²) in [6.07, 6.45) is 5.19. The predicted molar refractivity (Wildman–Crippen MR) is 227 cm³/mol. The smallest absolute Gasteiger partial charge is 0.250 e. The zero-order valence-corrected chi connectivity index (χ0v) is 32.7. The Morgan fingerprint density at radius 1 is 0.729 bits per heavy atom. The summed E-state index contributed by atoms with van der Waals surface area (Å²) in [4.78, 5) is 44.5. The lowest BCUT2D eigenvalue weighted by Crippen LogP contribution is -2.23. The van der Waals surface area contributed by atoms with E-state index in [0.29, 0.717) is 60.4 Å². The molecule has 2 aliphatic heterocycles. The van der Waals surface area contributed by atoms with Gasteiger partial charge >= 0.3 is 0 Å². The molecule has 4 N–H and O–H groups in total. The number of fused-ring (bicyclic) bond motifs is 1. The average molecular weight is 793 g/mol. The van der Waals surface area contributed by atoms with Crippen LogP contribution in [0.1, 0.15) is 24.6 Å². The van der Waals surface area contributed by atoms with Crippen molar-refractivity contribution >= 4 is 28.3 Å². The fourth-order valence-electron chi connectivity index (χ4n) is 7.08. The number of nitrogens with one attached hydrogen (secondary N) is 2. The molecule has 13 heteroatoms. The first-order valence-electron chi connectivity index (χ1n) is 19.4. The van der Waals surface area contributed by atoms with Crippen molar-refractivity contribution in [1.82, 2.24) is 19.1 Å². The Morgan fingerprint density at radius 2 is 1.31 bits per heavy atom. The summed E-state index contributed by atoms with van der Waals surface area (Å²) in [6.45, 7) is 2.44. The molecule has 2 atom stereocenters. The molecule has 7 aromatic rings. The van der Waals surface area contributed by atoms with E-state index in [9.17, 15) is 14.4 Å². The van der Waals surface area contributed by atoms with Crippen molar-refractivity contribution in [2.45, 2.75) is 18.8 Å². The van der Waals surface area contributed by atoms with E-state index < -0.39 is 0 Å². The highest BCUT2D eigenvalue weighted by molar-refractivity contribution is 5.98. The highest BCUT2D eigenvalue weighted by Crippen LogP contribution is 2.43. The molecule has 0 spiro atoms. The SMILES string of the molecule is Cn1cc(-c2ccc(NC(=O)C3CCOC3)c(N)c2Oc2ccccc2)ccc1=O.Cn1cc(-c2ccc3[nH]c(C4CCOC4)nc3c2Oc2ccccc2)ccc1=O. The van der Waals surface area contributed by atoms with Crippen molar-refractivity contribution in [2.75, 3.05) is 37.5 Å². The first kappa shape index (κ1) is 38.9. The number of ether oxygens (including phenoxy) is 4. The summed E-state index contributed by atoms with van der Waals surface area (Å²) in [6, 6.07) is 33.1. The standard InChI is InChI=1S/C23H23N3O4.C23H21N3O3/c1-26-13-15(7-10-20(26)27)18-8-9-19(25-23(28)16-11-12-29-14-16)21(24)22(18)30-17-5-3-2-4-6-17;1-26-13-15(7-10-20(26)27)18-8-9-19-21(22(18)29-17-5-3-2-4-6-17)25-23(24-19)16-11-12-28-14-16/h2-10,13,16H,11-12,14,24H2,1H3,(H,25,28);2-10,13,16H,11-12,14H2,1H3,(H,24,25). The summed E-state index contributed by atoms with van der Waals surface area (Å²) in [5, 5.41) is 2.90. The number of pyridine rings is 2. The topological polar surface area (TPSA) is 165 Å². The van der Waals surface area contributed by atoms with E-state index in [-0.39, 0.29) is 28.9 Å². The van der Waals surface area contributed by atoms with Gasteiger partial charge in [0.15, 0.2) is 11.5 Å². The van der Waals surface area contributed by atoms with E-state index in [2.05, 4.69) is 10.3 Å². The molecule has 300 valence electrons. The number of nitrogens with two attached hydrogens (primary N) is 1. The van der Waals surface area contributed by atoms with Crippen LogP contribution in [0.5, 0.6) is 23.0 Å². The van der Waals surface area contributed by atoms with Crippen LogP contribution in [0.4, 0.5) is 11.4 Å². The van der Waals surface area contributed by atoms with E-state index in [4.69, 9.17) is 29.7 Å². The molecule has 0 radical (unpaired) electrons. The zero-order valence-electron chi connectivity index (χ0n) is 32.7. The van der Waals surface area contributed by atoms with Gasteiger partial charge in [-0.3, -0.25) is 14.4 Å². The number of anilines is 2. The number of carbonyl (C=O) groups is 1. The number of aromatic amines is 1. The highest BCUT2D eigenvalue weighted by atomic mass is 16.5. The molecule has 2 unspecified atom stereocenters. The number of rotatable bonds is 9. The Labute approximate surface area is 340 Å². The third kappa shape index (κ3) is 8.66. The van der Waals surface area contributed by atoms with Crippen LogP contribution in [-0.4, -0.2) is 51.4 Å². The molecule has 2 saturated heterocycles. The Balaban J connectivity index is 0.000000164. The molecule has 0 bridgehead atoms. The van der Waals surface area contributed by atoms with Gasteiger partial charge in [-0.05, 0) is 73.5 Å². The molecular weight excluding hydrogens is 749 g/mol. The Bertz CT molecular complexity index is 2720. The van der Waals surface area contributed by atoms with Crippen molar-refractivity contribution < 1.29 is 23.7 Å². The predicted octanol–water partition coefficient (Wildman–Crippen LogP) is 7.63. The van der Waals surface area contributed by atoms with E-state index in [1.807, 2.05) is 91.1 Å². The minimum atomic E-state index is -0.189. The van der Waals surface area contributed by atoms with Gasteiger partial charge < -0.3 is 44.1 Å². The van der Waals surface area contributed by atoms with Crippen LogP contribution in [0.2, 0.25) is 0 Å². The van der Waals surface area contributed by atoms with E-state index in [1.165, 1.54) is 10.6 Å². The van der Waals surface area contributed by atoms with Gasteiger partial charge in [-0.15, -0.1) is 0 Å². The molecule has 2 aliphatic rings. The van der Waals surface area contributed by atoms with Gasteiger partial charge in [0.1, 0.15) is 22.8 Å². The fraction of sp³-hybridized carbons (Fsp3) is 0.217. The lowest BCUT2D eigenvalue weighted by Gasteiger charge is -2.18. The number of amides is 1. The van der Waals surface area contributed by atoms with Gasteiger partial charge in [0.25, 0.3) is 0 Å². The first-order valence-corrected chi connectivity index (χ1v) is 19.4. The highest BCUT2D eigenvalue weighted by Gasteiger charge is 2.26. The maximum atomic E-state index is 12.5. The van der Waals surface area contributed by atoms with Crippen molar-refractivity contribution in [2.24, 2.45) is 20.0 Å². The number of H-pyrrole nitrogens is 1. The maximum Gasteiger partial charge on any atom is 0.250 e. The molecule has 1 amide bonds. The fourth-order valence-corrected chi connectivity index (χ4v) is 7.08. The minimum absolute atomic E-state index is 0.0522. The van der Waals surface area contributed by atoms with Gasteiger partial charge in [0, 0.05) is 80.0 Å². The minimum Gasteiger partial charge on any atom is -0.454 e. The largest absolute Gasteiger partial charge is 0.454 e. The average Bonchev–Trinajstić information content (AvgIpc) is 4.07. The molecule has 0 aliphatic carbocycles. The van der Waals surface area contributed by atoms with Crippen molar-refractivity contribution in [1.29, 1.82) is 0 Å². The van der Waals surface area contributed by atoms with Gasteiger partial charge in [0.2, 0.25) is 17.0 Å². The van der Waals surface area contributed by atoms with Gasteiger partial charge in [-0.25, -0.2) is 4.98 Å². The number of nitrogen functional groups attached to an aromatic ring is 1. The van der Waals surface area contributed by atoms with E-state index in [0.717, 1.165) is 52.3 Å². The summed E-state index contributed by atoms with van der Waals surface area (Å²) in [7, 11) is 3.43. The van der Waals surface area contributed by atoms with Crippen molar-refractivity contribution in [3.8, 4) is 45.3 Å². The molecule has 2 fully saturated rings. The number of aromatic nitrogens is 4. The number of hydrogen-bond donors (Lipinski definition) is 3. The summed E-state index contributed by atoms with van der Waals surface area (Å²) in [5.41, 5.74) is 12.1. The summed E-state index contributed by atoms with van der Waals surface area (Å²) < 4.78 is 26.3. The number of hydrogen-bond acceptors (Lipinski definition) is 9. The van der Waals surface area contributed by atoms with Crippen molar-refractivity contribution in [3.05, 3.63) is 148 Å². The third-order valence-electron chi connectivity index (χ3n) is 10.4. The number of benzene rings is 4. The second-order valence-corrected chi connectivity index (χ2v) is 14.5. The normalized spacial score (nSPS) is 16.0. The second kappa shape index (κ2) is 17.3. The molecule has 0 saturated carbocycles. The molecule has 13 nitrogen and oxygen atoms in total. The summed E-state index contributed by atoms with van der Waals surface area (Å²) >= 11 is 0. The summed E-state index contributed by atoms with van der Waals surface area (Å²) in [5.74, 6) is 3.32. The van der Waals surface area contributed by atoms with Gasteiger partial charge in [-0.1, -0.05) is 36.4 Å². The Morgan fingerprint density at radius 3 is 1.88 bits per heavy atom. The molecule has 59 heavy (non-hydrogen) atoms. The van der Waals surface area contributed by atoms with Crippen molar-refractivity contribution in [3.63, 3.8) is 0 Å². The van der Waals surface area contributed by atoms with Gasteiger partial charge in [-0.2, -0.15) is 0 Å². The molecular formula is C46H44N6O7. The number of carbonyl (C=O) groups excluding carboxylic acids is 1. The molecule has 9 rings (SSSR count). The Hall–Kier alpha value is -6.96. The second-order valence-electron chi connectivity index (χ2n) is 14.5. The van der Waals surface area contributed by atoms with E-state index in [1.54, 1.807) is 43.1 Å². The van der Waals surface area contributed by atoms with Crippen LogP contribution >= 0.6 is 0 Å². The first-order chi connectivity index (χ1) is 28.7. The third-order valence-corrected chi connectivity index (χ3v) is 10.4. The molecule has 3 aromatic heterocycles. The Kier molecular flexibility index (Phi) is 11.4. The van der Waals surface area contributed by atoms with Crippen LogP contribution in [0.25, 0.3) is 33.3 Å². The molecule has 4 aromatic carbocycles. The number of aryl methyl sites for hydroxylation is 2. The number of nitrogens with zero attached hydrogens (tertiary/aromatic N) is 3. The van der Waals surface area contributed by atoms with Gasteiger partial charge in [0.05, 0.1) is 36.0 Å². The van der Waals surface area contributed by atoms with Crippen LogP contribution < -0.4 is 31.6 Å². The number of imidazole rings is 1. The zero-order chi connectivity index (χ0) is 40.9. The van der Waals surface area contributed by atoms with Crippen LogP contribution in [-0.2, 0) is 28.4 Å². The lowest BCUT2D eigenvalue weighted by atomic mass is 10.0. The van der Waals surface area contributed by atoms with Crippen LogP contribution in [0.3, 0.4) is 0 Å². The van der Waals surface area contributed by atoms with Crippen LogP contribution in [0, 0.1) is 5.92 Å². The van der Waals surface area contributed by atoms with E-state index >= 15 is 0 Å². The quantitative estimate of drug-likeness (QED) is 0.125. The lowest BCUT2D eigenvalue weighted by molar-refractivity contribution is -0.119. The maximum absolute atomic E-state index is 12.5. The monoisotopic (exact) mass is 792 g/mol. The van der Waals surface area contributed by atoms with Crippen LogP contribution in [0.15, 0.2) is 131 Å². The molecule has 5 heterocycles. The number of para-hydroxylation sites is 2.